The lowest BCUT2D eigenvalue weighted by Crippen LogP contribution is -2.35. The number of nitrogens with one attached hydrogen (secondary N) is 1. The number of carbonyl (C=O) groups excluding carboxylic acids is 2. The Balaban J connectivity index is 1.57. The smallest absolute Gasteiger partial charge is 0.274 e. The summed E-state index contributed by atoms with van der Waals surface area (Å²) in [7, 11) is 0. The van der Waals surface area contributed by atoms with Gasteiger partial charge in [-0.3, -0.25) is 14.8 Å². The Morgan fingerprint density at radius 1 is 1.20 bits per heavy atom. The maximum Gasteiger partial charge on any atom is 0.274 e. The van der Waals surface area contributed by atoms with Gasteiger partial charge in [0.2, 0.25) is 0 Å². The van der Waals surface area contributed by atoms with Gasteiger partial charge in [0.15, 0.2) is 0 Å². The van der Waals surface area contributed by atoms with Crippen molar-refractivity contribution in [3.63, 3.8) is 0 Å². The van der Waals surface area contributed by atoms with Crippen LogP contribution in [0, 0.1) is 0 Å². The second-order valence-electron chi connectivity index (χ2n) is 5.45. The Hall–Kier alpha value is -3.06. The van der Waals surface area contributed by atoms with Gasteiger partial charge in [-0.25, -0.2) is 5.48 Å². The van der Waals surface area contributed by atoms with Crippen LogP contribution in [-0.2, 0) is 0 Å². The lowest BCUT2D eigenvalue weighted by atomic mass is 10.2. The molecule has 2 N–H and O–H groups in total. The molecule has 2 amide bonds. The number of rotatable bonds is 5. The number of para-hydroxylation sites is 1. The summed E-state index contributed by atoms with van der Waals surface area (Å²) in [4.78, 5) is 25.5. The van der Waals surface area contributed by atoms with Gasteiger partial charge in [0.25, 0.3) is 11.8 Å². The maximum atomic E-state index is 12.6. The van der Waals surface area contributed by atoms with E-state index in [1.807, 2.05) is 12.1 Å². The van der Waals surface area contributed by atoms with Gasteiger partial charge in [0, 0.05) is 5.56 Å². The molecule has 0 fully saturated rings. The average Bonchev–Trinajstić information content (AvgIpc) is 2.81. The molecule has 3 rings (SSSR count). The van der Waals surface area contributed by atoms with Crippen LogP contribution in [0.5, 0.6) is 11.5 Å². The van der Waals surface area contributed by atoms with Crippen molar-refractivity contribution >= 4 is 11.8 Å². The predicted molar refractivity (Wildman–Crippen MR) is 89.0 cm³/mol. The molecular weight excluding hydrogens is 324 g/mol. The van der Waals surface area contributed by atoms with Crippen LogP contribution in [0.3, 0.4) is 0 Å². The highest BCUT2D eigenvalue weighted by Gasteiger charge is 2.22. The SMILES string of the molecule is O=C(NO)c1ccc(OCCN2CCOc3ccccc3C2=O)cc1. The number of hydrogen-bond donors (Lipinski definition) is 2. The second-order valence-corrected chi connectivity index (χ2v) is 5.45. The van der Waals surface area contributed by atoms with E-state index in [0.29, 0.717) is 48.9 Å². The molecule has 0 atom stereocenters. The number of fused-ring (bicyclic) bond motifs is 1. The molecular formula is C18H18N2O5. The Kier molecular flexibility index (Phi) is 5.15. The third-order valence-electron chi connectivity index (χ3n) is 3.87. The molecule has 0 radical (unpaired) electrons. The largest absolute Gasteiger partial charge is 0.492 e. The third kappa shape index (κ3) is 3.89. The number of amides is 2. The highest BCUT2D eigenvalue weighted by molar-refractivity contribution is 5.97. The van der Waals surface area contributed by atoms with Crippen molar-refractivity contribution in [3.05, 3.63) is 59.7 Å². The van der Waals surface area contributed by atoms with Crippen molar-refractivity contribution in [1.82, 2.24) is 10.4 Å². The minimum Gasteiger partial charge on any atom is -0.492 e. The highest BCUT2D eigenvalue weighted by atomic mass is 16.5. The molecule has 25 heavy (non-hydrogen) atoms. The van der Waals surface area contributed by atoms with Crippen molar-refractivity contribution in [2.75, 3.05) is 26.3 Å². The lowest BCUT2D eigenvalue weighted by Gasteiger charge is -2.20. The topological polar surface area (TPSA) is 88.1 Å². The van der Waals surface area contributed by atoms with Crippen molar-refractivity contribution in [3.8, 4) is 11.5 Å². The van der Waals surface area contributed by atoms with E-state index in [9.17, 15) is 9.59 Å². The lowest BCUT2D eigenvalue weighted by molar-refractivity contribution is 0.0704. The number of hydrogen-bond acceptors (Lipinski definition) is 5. The fraction of sp³-hybridized carbons (Fsp3) is 0.222. The summed E-state index contributed by atoms with van der Waals surface area (Å²) in [5.74, 6) is 0.522. The van der Waals surface area contributed by atoms with E-state index in [1.54, 1.807) is 46.8 Å². The maximum absolute atomic E-state index is 12.6. The van der Waals surface area contributed by atoms with Gasteiger partial charge in [0.05, 0.1) is 18.7 Å². The van der Waals surface area contributed by atoms with Crippen molar-refractivity contribution < 1.29 is 24.3 Å². The van der Waals surface area contributed by atoms with Crippen LogP contribution < -0.4 is 15.0 Å². The van der Waals surface area contributed by atoms with Gasteiger partial charge in [-0.2, -0.15) is 0 Å². The van der Waals surface area contributed by atoms with Gasteiger partial charge >= 0.3 is 0 Å². The molecule has 7 nitrogen and oxygen atoms in total. The Morgan fingerprint density at radius 3 is 2.72 bits per heavy atom. The van der Waals surface area contributed by atoms with Crippen molar-refractivity contribution in [1.29, 1.82) is 0 Å². The Labute approximate surface area is 144 Å². The number of hydroxylamine groups is 1. The zero-order chi connectivity index (χ0) is 17.6. The monoisotopic (exact) mass is 342 g/mol. The molecule has 0 bridgehead atoms. The summed E-state index contributed by atoms with van der Waals surface area (Å²) in [6.07, 6.45) is 0. The fourth-order valence-electron chi connectivity index (χ4n) is 2.56. The first-order valence-electron chi connectivity index (χ1n) is 7.87. The second kappa shape index (κ2) is 7.67. The number of nitrogens with zero attached hydrogens (tertiary/aromatic N) is 1. The molecule has 0 saturated heterocycles. The van der Waals surface area contributed by atoms with Crippen LogP contribution >= 0.6 is 0 Å². The predicted octanol–water partition coefficient (Wildman–Crippen LogP) is 1.72. The Morgan fingerprint density at radius 2 is 1.96 bits per heavy atom. The number of ether oxygens (including phenoxy) is 2. The van der Waals surface area contributed by atoms with Crippen molar-refractivity contribution in [2.24, 2.45) is 0 Å². The zero-order valence-electron chi connectivity index (χ0n) is 13.5. The van der Waals surface area contributed by atoms with Crippen LogP contribution in [0.4, 0.5) is 0 Å². The fourth-order valence-corrected chi connectivity index (χ4v) is 2.56. The summed E-state index contributed by atoms with van der Waals surface area (Å²) >= 11 is 0. The number of benzene rings is 2. The van der Waals surface area contributed by atoms with Crippen LogP contribution in [0.2, 0.25) is 0 Å². The summed E-state index contributed by atoms with van der Waals surface area (Å²) in [6, 6.07) is 13.5. The molecule has 1 heterocycles. The molecule has 0 saturated carbocycles. The summed E-state index contributed by atoms with van der Waals surface area (Å²) < 4.78 is 11.2. The molecule has 0 unspecified atom stereocenters. The van der Waals surface area contributed by atoms with Gasteiger partial charge in [-0.1, -0.05) is 12.1 Å². The average molecular weight is 342 g/mol. The highest BCUT2D eigenvalue weighted by Crippen LogP contribution is 2.22. The van der Waals surface area contributed by atoms with Gasteiger partial charge < -0.3 is 14.4 Å². The molecule has 2 aromatic carbocycles. The van der Waals surface area contributed by atoms with E-state index in [-0.39, 0.29) is 5.91 Å². The van der Waals surface area contributed by atoms with Gasteiger partial charge in [0.1, 0.15) is 24.7 Å². The number of carbonyl (C=O) groups is 2. The molecule has 0 aliphatic carbocycles. The minimum atomic E-state index is -0.583. The minimum absolute atomic E-state index is 0.0772. The molecule has 0 spiro atoms. The third-order valence-corrected chi connectivity index (χ3v) is 3.87. The van der Waals surface area contributed by atoms with E-state index in [4.69, 9.17) is 14.7 Å². The summed E-state index contributed by atoms with van der Waals surface area (Å²) in [5.41, 5.74) is 2.45. The molecule has 1 aliphatic heterocycles. The van der Waals surface area contributed by atoms with Crippen LogP contribution in [0.1, 0.15) is 20.7 Å². The van der Waals surface area contributed by atoms with Crippen LogP contribution in [-0.4, -0.2) is 48.2 Å². The van der Waals surface area contributed by atoms with E-state index < -0.39 is 5.91 Å². The first-order chi connectivity index (χ1) is 12.2. The van der Waals surface area contributed by atoms with E-state index >= 15 is 0 Å². The van der Waals surface area contributed by atoms with Gasteiger partial charge in [-0.05, 0) is 36.4 Å². The van der Waals surface area contributed by atoms with Crippen LogP contribution in [0.15, 0.2) is 48.5 Å². The normalized spacial score (nSPS) is 13.5. The molecule has 7 heteroatoms. The summed E-state index contributed by atoms with van der Waals surface area (Å²) in [6.45, 7) is 1.68. The van der Waals surface area contributed by atoms with E-state index in [1.165, 1.54) is 0 Å². The Bertz CT molecular complexity index is 760. The zero-order valence-corrected chi connectivity index (χ0v) is 13.5. The standard InChI is InChI=1S/C18H18N2O5/c21-17(19-23)13-5-7-14(8-6-13)24-11-9-20-10-12-25-16-4-2-1-3-15(16)18(20)22/h1-8,23H,9-12H2,(H,19,21). The summed E-state index contributed by atoms with van der Waals surface area (Å²) in [5, 5.41) is 8.58. The van der Waals surface area contributed by atoms with E-state index in [2.05, 4.69) is 0 Å². The van der Waals surface area contributed by atoms with E-state index in [0.717, 1.165) is 0 Å². The van der Waals surface area contributed by atoms with Crippen molar-refractivity contribution in [2.45, 2.75) is 0 Å². The first-order valence-corrected chi connectivity index (χ1v) is 7.87. The quantitative estimate of drug-likeness (QED) is 0.638. The molecule has 130 valence electrons. The molecule has 2 aromatic rings. The van der Waals surface area contributed by atoms with Gasteiger partial charge in [-0.15, -0.1) is 0 Å². The molecule has 0 aromatic heterocycles. The first kappa shape index (κ1) is 16.8. The van der Waals surface area contributed by atoms with Crippen LogP contribution in [0.25, 0.3) is 0 Å². The molecule has 1 aliphatic rings.